The highest BCUT2D eigenvalue weighted by atomic mass is 19.1. The lowest BCUT2D eigenvalue weighted by Gasteiger charge is -2.12. The van der Waals surface area contributed by atoms with Gasteiger partial charge < -0.3 is 10.1 Å². The van der Waals surface area contributed by atoms with Gasteiger partial charge in [-0.3, -0.25) is 4.79 Å². The summed E-state index contributed by atoms with van der Waals surface area (Å²) in [6.45, 7) is -0.0949. The first kappa shape index (κ1) is 15.3. The van der Waals surface area contributed by atoms with Gasteiger partial charge in [0, 0.05) is 18.1 Å². The molecule has 1 atom stereocenters. The van der Waals surface area contributed by atoms with Crippen LogP contribution in [-0.4, -0.2) is 18.6 Å². The SMILES string of the molecule is O=C(NC[C@H]1Cc2cc(F)cc(F)c2O1)c1c(F)cccc1F. The number of rotatable bonds is 3. The van der Waals surface area contributed by atoms with Crippen LogP contribution in [0.4, 0.5) is 17.6 Å². The Morgan fingerprint density at radius 1 is 1.13 bits per heavy atom. The molecule has 3 rings (SSSR count). The fourth-order valence-corrected chi connectivity index (χ4v) is 2.47. The molecule has 0 radical (unpaired) electrons. The number of carbonyl (C=O) groups is 1. The van der Waals surface area contributed by atoms with E-state index < -0.39 is 40.8 Å². The molecule has 3 nitrogen and oxygen atoms in total. The van der Waals surface area contributed by atoms with Gasteiger partial charge in [-0.15, -0.1) is 0 Å². The maximum Gasteiger partial charge on any atom is 0.257 e. The van der Waals surface area contributed by atoms with Crippen molar-refractivity contribution in [1.29, 1.82) is 0 Å². The molecule has 0 saturated carbocycles. The highest BCUT2D eigenvalue weighted by molar-refractivity contribution is 5.94. The Kier molecular flexibility index (Phi) is 3.94. The van der Waals surface area contributed by atoms with Crippen LogP contribution in [0.2, 0.25) is 0 Å². The maximum absolute atomic E-state index is 13.5. The van der Waals surface area contributed by atoms with Gasteiger partial charge in [0.2, 0.25) is 0 Å². The summed E-state index contributed by atoms with van der Waals surface area (Å²) in [6, 6.07) is 4.94. The van der Waals surface area contributed by atoms with Gasteiger partial charge in [0.15, 0.2) is 11.6 Å². The Balaban J connectivity index is 1.67. The minimum Gasteiger partial charge on any atom is -0.485 e. The Bertz CT molecular complexity index is 759. The normalized spacial score (nSPS) is 15.9. The summed E-state index contributed by atoms with van der Waals surface area (Å²) >= 11 is 0. The van der Waals surface area contributed by atoms with Gasteiger partial charge >= 0.3 is 0 Å². The average molecular weight is 325 g/mol. The molecule has 2 aromatic rings. The van der Waals surface area contributed by atoms with Crippen molar-refractivity contribution in [2.75, 3.05) is 6.54 Å². The van der Waals surface area contributed by atoms with Crippen molar-refractivity contribution < 1.29 is 27.1 Å². The van der Waals surface area contributed by atoms with E-state index >= 15 is 0 Å². The lowest BCUT2D eigenvalue weighted by atomic mass is 10.1. The number of fused-ring (bicyclic) bond motifs is 1. The second kappa shape index (κ2) is 5.91. The van der Waals surface area contributed by atoms with Crippen molar-refractivity contribution in [2.45, 2.75) is 12.5 Å². The quantitative estimate of drug-likeness (QED) is 0.881. The van der Waals surface area contributed by atoms with Crippen molar-refractivity contribution in [3.8, 4) is 5.75 Å². The van der Waals surface area contributed by atoms with Crippen molar-refractivity contribution in [3.05, 3.63) is 64.7 Å². The Morgan fingerprint density at radius 2 is 1.83 bits per heavy atom. The van der Waals surface area contributed by atoms with E-state index in [1.807, 2.05) is 0 Å². The van der Waals surface area contributed by atoms with Crippen LogP contribution in [0.15, 0.2) is 30.3 Å². The molecule has 0 unspecified atom stereocenters. The molecule has 2 aromatic carbocycles. The van der Waals surface area contributed by atoms with Gasteiger partial charge in [-0.1, -0.05) is 6.07 Å². The van der Waals surface area contributed by atoms with Crippen molar-refractivity contribution in [3.63, 3.8) is 0 Å². The van der Waals surface area contributed by atoms with E-state index in [0.717, 1.165) is 24.3 Å². The summed E-state index contributed by atoms with van der Waals surface area (Å²) < 4.78 is 58.9. The molecular weight excluding hydrogens is 314 g/mol. The van der Waals surface area contributed by atoms with Crippen LogP contribution in [0.25, 0.3) is 0 Å². The lowest BCUT2D eigenvalue weighted by molar-refractivity contribution is 0.0924. The lowest BCUT2D eigenvalue weighted by Crippen LogP contribution is -2.35. The van der Waals surface area contributed by atoms with Gasteiger partial charge in [0.25, 0.3) is 5.91 Å². The van der Waals surface area contributed by atoms with Gasteiger partial charge in [-0.25, -0.2) is 17.6 Å². The molecule has 0 spiro atoms. The van der Waals surface area contributed by atoms with E-state index in [4.69, 9.17) is 4.74 Å². The third-order valence-electron chi connectivity index (χ3n) is 3.50. The first-order valence-corrected chi connectivity index (χ1v) is 6.82. The minimum absolute atomic E-state index is 0.0669. The minimum atomic E-state index is -0.980. The fraction of sp³-hybridized carbons (Fsp3) is 0.188. The summed E-state index contributed by atoms with van der Waals surface area (Å²) in [5.74, 6) is -4.51. The predicted octanol–water partition coefficient (Wildman–Crippen LogP) is 2.98. The maximum atomic E-state index is 13.5. The zero-order valence-corrected chi connectivity index (χ0v) is 11.7. The number of nitrogens with one attached hydrogen (secondary N) is 1. The van der Waals surface area contributed by atoms with Crippen LogP contribution in [0.5, 0.6) is 5.75 Å². The average Bonchev–Trinajstić information content (AvgIpc) is 2.88. The third-order valence-corrected chi connectivity index (χ3v) is 3.50. The summed E-state index contributed by atoms with van der Waals surface area (Å²) in [5, 5.41) is 2.33. The van der Waals surface area contributed by atoms with E-state index in [-0.39, 0.29) is 18.7 Å². The van der Waals surface area contributed by atoms with E-state index in [0.29, 0.717) is 11.6 Å². The van der Waals surface area contributed by atoms with Gasteiger partial charge in [0.05, 0.1) is 6.54 Å². The molecule has 0 bridgehead atoms. The highest BCUT2D eigenvalue weighted by Gasteiger charge is 2.27. The van der Waals surface area contributed by atoms with E-state index in [9.17, 15) is 22.4 Å². The molecule has 0 fully saturated rings. The first-order chi connectivity index (χ1) is 11.0. The number of halogens is 4. The Morgan fingerprint density at radius 3 is 2.52 bits per heavy atom. The van der Waals surface area contributed by atoms with E-state index in [1.165, 1.54) is 0 Å². The zero-order valence-electron chi connectivity index (χ0n) is 11.7. The number of carbonyl (C=O) groups excluding carboxylic acids is 1. The van der Waals surface area contributed by atoms with E-state index in [2.05, 4.69) is 5.32 Å². The first-order valence-electron chi connectivity index (χ1n) is 6.82. The molecule has 120 valence electrons. The van der Waals surface area contributed by atoms with Crippen LogP contribution in [0.3, 0.4) is 0 Å². The molecule has 1 aliphatic rings. The third kappa shape index (κ3) is 2.99. The molecule has 1 aliphatic heterocycles. The molecule has 7 heteroatoms. The van der Waals surface area contributed by atoms with Crippen LogP contribution >= 0.6 is 0 Å². The molecule has 0 aliphatic carbocycles. The largest absolute Gasteiger partial charge is 0.485 e. The van der Waals surface area contributed by atoms with Gasteiger partial charge in [0.1, 0.15) is 29.1 Å². The van der Waals surface area contributed by atoms with Crippen molar-refractivity contribution in [2.24, 2.45) is 0 Å². The molecule has 1 heterocycles. The summed E-state index contributed by atoms with van der Waals surface area (Å²) in [6.07, 6.45) is -0.454. The zero-order chi connectivity index (χ0) is 16.6. The van der Waals surface area contributed by atoms with Crippen LogP contribution in [0, 0.1) is 23.3 Å². The van der Waals surface area contributed by atoms with E-state index in [1.54, 1.807) is 0 Å². The molecule has 1 N–H and O–H groups in total. The summed E-state index contributed by atoms with van der Waals surface area (Å²) in [7, 11) is 0. The smallest absolute Gasteiger partial charge is 0.257 e. The second-order valence-corrected chi connectivity index (χ2v) is 5.13. The van der Waals surface area contributed by atoms with Crippen LogP contribution < -0.4 is 10.1 Å². The molecule has 0 saturated heterocycles. The topological polar surface area (TPSA) is 38.3 Å². The fourth-order valence-electron chi connectivity index (χ4n) is 2.47. The van der Waals surface area contributed by atoms with Gasteiger partial charge in [-0.2, -0.15) is 0 Å². The summed E-state index contributed by atoms with van der Waals surface area (Å²) in [4.78, 5) is 11.9. The van der Waals surface area contributed by atoms with Crippen LogP contribution in [-0.2, 0) is 6.42 Å². The van der Waals surface area contributed by atoms with Crippen molar-refractivity contribution in [1.82, 2.24) is 5.32 Å². The Labute approximate surface area is 128 Å². The monoisotopic (exact) mass is 325 g/mol. The highest BCUT2D eigenvalue weighted by Crippen LogP contribution is 2.32. The summed E-state index contributed by atoms with van der Waals surface area (Å²) in [5.41, 5.74) is -0.348. The molecular formula is C16H11F4NO2. The number of hydrogen-bond donors (Lipinski definition) is 1. The van der Waals surface area contributed by atoms with Crippen molar-refractivity contribution >= 4 is 5.91 Å². The number of ether oxygens (including phenoxy) is 1. The Hall–Kier alpha value is -2.57. The van der Waals surface area contributed by atoms with Gasteiger partial charge in [-0.05, 0) is 18.2 Å². The van der Waals surface area contributed by atoms with Crippen LogP contribution in [0.1, 0.15) is 15.9 Å². The number of amides is 1. The number of hydrogen-bond acceptors (Lipinski definition) is 2. The molecule has 0 aromatic heterocycles. The molecule has 1 amide bonds. The standard InChI is InChI=1S/C16H11F4NO2/c17-9-4-8-5-10(23-15(8)13(20)6-9)7-21-16(22)14-11(18)2-1-3-12(14)19/h1-4,6,10H,5,7H2,(H,21,22)/t10-/m1/s1. The molecule has 23 heavy (non-hydrogen) atoms. The predicted molar refractivity (Wildman–Crippen MR) is 73.2 cm³/mol. The number of benzene rings is 2. The second-order valence-electron chi connectivity index (χ2n) is 5.13.